The first-order valence-electron chi connectivity index (χ1n) is 6.27. The van der Waals surface area contributed by atoms with E-state index in [0.29, 0.717) is 0 Å². The predicted octanol–water partition coefficient (Wildman–Crippen LogP) is 0.672. The Morgan fingerprint density at radius 2 is 2.17 bits per heavy atom. The van der Waals surface area contributed by atoms with Crippen LogP contribution in [0.1, 0.15) is 24.1 Å². The number of aryl methyl sites for hydroxylation is 3. The van der Waals surface area contributed by atoms with Crippen LogP contribution in [0.3, 0.4) is 0 Å². The third-order valence-corrected chi connectivity index (χ3v) is 2.76. The summed E-state index contributed by atoms with van der Waals surface area (Å²) in [5, 5.41) is 12.1. The molecule has 98 valence electrons. The molecule has 6 heteroatoms. The Balaban J connectivity index is 1.78. The van der Waals surface area contributed by atoms with Crippen molar-refractivity contribution in [3.05, 3.63) is 29.6 Å². The highest BCUT2D eigenvalue weighted by Gasteiger charge is 2.03. The van der Waals surface area contributed by atoms with Crippen molar-refractivity contribution >= 4 is 0 Å². The average molecular weight is 248 g/mol. The average Bonchev–Trinajstić information content (AvgIpc) is 2.91. The Morgan fingerprint density at radius 1 is 1.33 bits per heavy atom. The van der Waals surface area contributed by atoms with Crippen LogP contribution < -0.4 is 5.32 Å². The number of nitrogens with one attached hydrogen (secondary N) is 1. The number of hydrogen-bond acceptors (Lipinski definition) is 4. The van der Waals surface area contributed by atoms with Crippen LogP contribution in [0.5, 0.6) is 0 Å². The van der Waals surface area contributed by atoms with Crippen molar-refractivity contribution in [2.24, 2.45) is 7.05 Å². The maximum atomic E-state index is 4.42. The third-order valence-electron chi connectivity index (χ3n) is 2.76. The molecule has 2 heterocycles. The molecule has 6 nitrogen and oxygen atoms in total. The van der Waals surface area contributed by atoms with Gasteiger partial charge in [-0.05, 0) is 19.9 Å². The van der Waals surface area contributed by atoms with Gasteiger partial charge in [-0.25, -0.2) is 4.98 Å². The molecule has 18 heavy (non-hydrogen) atoms. The van der Waals surface area contributed by atoms with Gasteiger partial charge in [0.25, 0.3) is 0 Å². The van der Waals surface area contributed by atoms with Gasteiger partial charge in [0.15, 0.2) is 5.82 Å². The molecular weight excluding hydrogens is 228 g/mol. The molecule has 0 aliphatic rings. The first-order chi connectivity index (χ1) is 8.69. The molecule has 0 saturated carbocycles. The molecule has 0 unspecified atom stereocenters. The Kier molecular flexibility index (Phi) is 4.09. The molecule has 0 saturated heterocycles. The lowest BCUT2D eigenvalue weighted by Crippen LogP contribution is -2.19. The highest BCUT2D eigenvalue weighted by molar-refractivity contribution is 5.08. The summed E-state index contributed by atoms with van der Waals surface area (Å²) >= 11 is 0. The smallest absolute Gasteiger partial charge is 0.151 e. The van der Waals surface area contributed by atoms with Crippen molar-refractivity contribution in [2.75, 3.05) is 6.54 Å². The van der Waals surface area contributed by atoms with Crippen molar-refractivity contribution in [3.8, 4) is 0 Å². The van der Waals surface area contributed by atoms with E-state index in [1.807, 2.05) is 18.7 Å². The maximum Gasteiger partial charge on any atom is 0.151 e. The van der Waals surface area contributed by atoms with Gasteiger partial charge in [0.1, 0.15) is 6.33 Å². The van der Waals surface area contributed by atoms with E-state index in [4.69, 9.17) is 0 Å². The second-order valence-corrected chi connectivity index (χ2v) is 4.35. The van der Waals surface area contributed by atoms with E-state index >= 15 is 0 Å². The Morgan fingerprint density at radius 3 is 2.83 bits per heavy atom. The monoisotopic (exact) mass is 248 g/mol. The van der Waals surface area contributed by atoms with E-state index in [-0.39, 0.29) is 0 Å². The van der Waals surface area contributed by atoms with Crippen LogP contribution in [0, 0.1) is 6.92 Å². The molecule has 2 aromatic heterocycles. The van der Waals surface area contributed by atoms with Crippen LogP contribution >= 0.6 is 0 Å². The quantitative estimate of drug-likeness (QED) is 0.763. The zero-order valence-electron chi connectivity index (χ0n) is 11.2. The van der Waals surface area contributed by atoms with E-state index in [2.05, 4.69) is 33.5 Å². The molecule has 0 amide bonds. The summed E-state index contributed by atoms with van der Waals surface area (Å²) in [5.74, 6) is 0.880. The molecule has 0 fully saturated rings. The summed E-state index contributed by atoms with van der Waals surface area (Å²) in [6.07, 6.45) is 2.57. The van der Waals surface area contributed by atoms with Crippen LogP contribution in [0.25, 0.3) is 0 Å². The zero-order valence-corrected chi connectivity index (χ0v) is 11.2. The van der Waals surface area contributed by atoms with E-state index in [0.717, 1.165) is 37.6 Å². The number of rotatable bonds is 6. The van der Waals surface area contributed by atoms with Crippen molar-refractivity contribution in [1.82, 2.24) is 29.9 Å². The van der Waals surface area contributed by atoms with Gasteiger partial charge >= 0.3 is 0 Å². The molecule has 0 aromatic carbocycles. The second-order valence-electron chi connectivity index (χ2n) is 4.35. The fourth-order valence-corrected chi connectivity index (χ4v) is 1.93. The van der Waals surface area contributed by atoms with Crippen molar-refractivity contribution in [3.63, 3.8) is 0 Å². The number of nitrogens with zero attached hydrogens (tertiary/aromatic N) is 5. The predicted molar refractivity (Wildman–Crippen MR) is 69.1 cm³/mol. The molecule has 0 atom stereocenters. The molecule has 0 aliphatic heterocycles. The van der Waals surface area contributed by atoms with E-state index in [9.17, 15) is 0 Å². The minimum absolute atomic E-state index is 0.835. The fourth-order valence-electron chi connectivity index (χ4n) is 1.93. The standard InChI is InChI=1S/C12H20N6/c1-4-18-11(7-10(2)15-18)8-13-6-5-12-14-9-17(3)16-12/h7,9,13H,4-6,8H2,1-3H3. The summed E-state index contributed by atoms with van der Waals surface area (Å²) in [7, 11) is 1.88. The van der Waals surface area contributed by atoms with Gasteiger partial charge in [0, 0.05) is 33.1 Å². The Labute approximate surface area is 107 Å². The maximum absolute atomic E-state index is 4.42. The fraction of sp³-hybridized carbons (Fsp3) is 0.583. The zero-order chi connectivity index (χ0) is 13.0. The molecule has 0 aliphatic carbocycles. The van der Waals surface area contributed by atoms with Crippen molar-refractivity contribution in [1.29, 1.82) is 0 Å². The minimum atomic E-state index is 0.835. The molecule has 2 rings (SSSR count). The first-order valence-corrected chi connectivity index (χ1v) is 6.27. The van der Waals surface area contributed by atoms with Gasteiger partial charge in [-0.2, -0.15) is 10.2 Å². The van der Waals surface area contributed by atoms with Crippen LogP contribution in [0.4, 0.5) is 0 Å². The SMILES string of the molecule is CCn1nc(C)cc1CNCCc1ncn(C)n1. The second kappa shape index (κ2) is 5.77. The Bertz CT molecular complexity index is 498. The van der Waals surface area contributed by atoms with Crippen molar-refractivity contribution < 1.29 is 0 Å². The largest absolute Gasteiger partial charge is 0.311 e. The molecule has 2 aromatic rings. The lowest BCUT2D eigenvalue weighted by atomic mass is 10.3. The normalized spacial score (nSPS) is 11.1. The van der Waals surface area contributed by atoms with Gasteiger partial charge < -0.3 is 5.32 Å². The summed E-state index contributed by atoms with van der Waals surface area (Å²) in [5.41, 5.74) is 2.30. The highest BCUT2D eigenvalue weighted by Crippen LogP contribution is 2.03. The van der Waals surface area contributed by atoms with Gasteiger partial charge in [0.05, 0.1) is 11.4 Å². The van der Waals surface area contributed by atoms with Gasteiger partial charge in [-0.15, -0.1) is 0 Å². The molecular formula is C12H20N6. The lowest BCUT2D eigenvalue weighted by molar-refractivity contribution is 0.576. The van der Waals surface area contributed by atoms with Gasteiger partial charge in [-0.3, -0.25) is 9.36 Å². The summed E-state index contributed by atoms with van der Waals surface area (Å²) < 4.78 is 3.76. The highest BCUT2D eigenvalue weighted by atomic mass is 15.3. The number of hydrogen-bond donors (Lipinski definition) is 1. The van der Waals surface area contributed by atoms with E-state index in [1.165, 1.54) is 5.69 Å². The van der Waals surface area contributed by atoms with Crippen LogP contribution in [0.2, 0.25) is 0 Å². The van der Waals surface area contributed by atoms with Crippen LogP contribution in [-0.4, -0.2) is 31.1 Å². The summed E-state index contributed by atoms with van der Waals surface area (Å²) in [6.45, 7) is 6.74. The molecule has 1 N–H and O–H groups in total. The molecule has 0 bridgehead atoms. The van der Waals surface area contributed by atoms with Crippen LogP contribution in [0.15, 0.2) is 12.4 Å². The summed E-state index contributed by atoms with van der Waals surface area (Å²) in [6, 6.07) is 2.12. The van der Waals surface area contributed by atoms with E-state index < -0.39 is 0 Å². The Hall–Kier alpha value is -1.69. The summed E-state index contributed by atoms with van der Waals surface area (Å²) in [4.78, 5) is 4.19. The minimum Gasteiger partial charge on any atom is -0.311 e. The van der Waals surface area contributed by atoms with Crippen LogP contribution in [-0.2, 0) is 26.6 Å². The van der Waals surface area contributed by atoms with Crippen molar-refractivity contribution in [2.45, 2.75) is 33.4 Å². The third kappa shape index (κ3) is 3.16. The number of aromatic nitrogens is 5. The van der Waals surface area contributed by atoms with E-state index in [1.54, 1.807) is 11.0 Å². The van der Waals surface area contributed by atoms with Gasteiger partial charge in [0.2, 0.25) is 0 Å². The molecule has 0 spiro atoms. The van der Waals surface area contributed by atoms with Gasteiger partial charge in [-0.1, -0.05) is 0 Å². The first kappa shape index (κ1) is 12.8. The lowest BCUT2D eigenvalue weighted by Gasteiger charge is -2.05. The topological polar surface area (TPSA) is 60.6 Å². The molecule has 0 radical (unpaired) electrons.